The standard InChI is InChI=1S/C9H16O3/c1-5-4-6(5)9(2,3)7(10)8(11)12/h5-7,10H,4H2,1-3H3,(H,11,12). The summed E-state index contributed by atoms with van der Waals surface area (Å²) in [5.74, 6) is -0.184. The summed E-state index contributed by atoms with van der Waals surface area (Å²) in [7, 11) is 0. The van der Waals surface area contributed by atoms with Crippen LogP contribution in [0.1, 0.15) is 27.2 Å². The molecule has 0 radical (unpaired) electrons. The van der Waals surface area contributed by atoms with E-state index in [4.69, 9.17) is 5.11 Å². The molecule has 12 heavy (non-hydrogen) atoms. The van der Waals surface area contributed by atoms with Crippen molar-refractivity contribution in [2.75, 3.05) is 0 Å². The number of hydrogen-bond acceptors (Lipinski definition) is 2. The summed E-state index contributed by atoms with van der Waals surface area (Å²) in [4.78, 5) is 10.5. The van der Waals surface area contributed by atoms with E-state index in [1.807, 2.05) is 13.8 Å². The lowest BCUT2D eigenvalue weighted by molar-refractivity contribution is -0.154. The first-order chi connectivity index (χ1) is 5.37. The minimum Gasteiger partial charge on any atom is -0.479 e. The van der Waals surface area contributed by atoms with E-state index >= 15 is 0 Å². The Morgan fingerprint density at radius 1 is 1.58 bits per heavy atom. The van der Waals surface area contributed by atoms with Crippen LogP contribution in [0.4, 0.5) is 0 Å². The van der Waals surface area contributed by atoms with E-state index in [9.17, 15) is 9.90 Å². The zero-order chi connectivity index (χ0) is 9.52. The number of carboxylic acids is 1. The lowest BCUT2D eigenvalue weighted by atomic mass is 9.80. The SMILES string of the molecule is CC1CC1C(C)(C)C(O)C(=O)O. The number of aliphatic hydroxyl groups is 1. The van der Waals surface area contributed by atoms with Gasteiger partial charge in [-0.1, -0.05) is 20.8 Å². The molecule has 1 rings (SSSR count). The van der Waals surface area contributed by atoms with Crippen LogP contribution in [-0.4, -0.2) is 22.3 Å². The summed E-state index contributed by atoms with van der Waals surface area (Å²) < 4.78 is 0. The van der Waals surface area contributed by atoms with Crippen LogP contribution in [0.15, 0.2) is 0 Å². The fraction of sp³-hybridized carbons (Fsp3) is 0.889. The maximum atomic E-state index is 10.5. The molecule has 0 aromatic rings. The number of carboxylic acid groups (broad SMARTS) is 1. The van der Waals surface area contributed by atoms with E-state index < -0.39 is 17.5 Å². The predicted molar refractivity (Wildman–Crippen MR) is 44.7 cm³/mol. The minimum absolute atomic E-state index is 0.364. The fourth-order valence-electron chi connectivity index (χ4n) is 1.88. The van der Waals surface area contributed by atoms with E-state index in [0.29, 0.717) is 11.8 Å². The van der Waals surface area contributed by atoms with Gasteiger partial charge in [-0.3, -0.25) is 0 Å². The van der Waals surface area contributed by atoms with E-state index in [0.717, 1.165) is 6.42 Å². The molecule has 1 fully saturated rings. The summed E-state index contributed by atoms with van der Waals surface area (Å²) in [6.45, 7) is 5.72. The first kappa shape index (κ1) is 9.52. The van der Waals surface area contributed by atoms with Crippen LogP contribution in [0.5, 0.6) is 0 Å². The maximum Gasteiger partial charge on any atom is 0.333 e. The number of carbonyl (C=O) groups is 1. The molecule has 0 heterocycles. The second-order valence-electron chi connectivity index (χ2n) is 4.38. The average Bonchev–Trinajstić information content (AvgIpc) is 2.65. The van der Waals surface area contributed by atoms with Gasteiger partial charge in [0.2, 0.25) is 0 Å². The molecule has 3 nitrogen and oxygen atoms in total. The fourth-order valence-corrected chi connectivity index (χ4v) is 1.88. The van der Waals surface area contributed by atoms with Crippen LogP contribution < -0.4 is 0 Å². The van der Waals surface area contributed by atoms with Gasteiger partial charge < -0.3 is 10.2 Å². The van der Waals surface area contributed by atoms with Crippen LogP contribution in [0.2, 0.25) is 0 Å². The Balaban J connectivity index is 2.64. The van der Waals surface area contributed by atoms with Crippen molar-refractivity contribution in [3.63, 3.8) is 0 Å². The average molecular weight is 172 g/mol. The zero-order valence-electron chi connectivity index (χ0n) is 7.74. The minimum atomic E-state index is -1.23. The molecule has 0 spiro atoms. The van der Waals surface area contributed by atoms with Gasteiger partial charge in [-0.15, -0.1) is 0 Å². The smallest absolute Gasteiger partial charge is 0.333 e. The third kappa shape index (κ3) is 1.46. The molecular weight excluding hydrogens is 156 g/mol. The van der Waals surface area contributed by atoms with Gasteiger partial charge in [0.05, 0.1) is 0 Å². The van der Waals surface area contributed by atoms with Crippen LogP contribution in [0.25, 0.3) is 0 Å². The topological polar surface area (TPSA) is 57.5 Å². The summed E-state index contributed by atoms with van der Waals surface area (Å²) in [6, 6.07) is 0. The van der Waals surface area contributed by atoms with Crippen molar-refractivity contribution in [1.82, 2.24) is 0 Å². The van der Waals surface area contributed by atoms with Crippen LogP contribution >= 0.6 is 0 Å². The highest BCUT2D eigenvalue weighted by molar-refractivity contribution is 5.73. The van der Waals surface area contributed by atoms with E-state index in [2.05, 4.69) is 6.92 Å². The molecule has 1 aliphatic carbocycles. The summed E-state index contributed by atoms with van der Waals surface area (Å²) >= 11 is 0. The molecule has 3 atom stereocenters. The molecule has 0 amide bonds. The highest BCUT2D eigenvalue weighted by atomic mass is 16.4. The van der Waals surface area contributed by atoms with Crippen molar-refractivity contribution >= 4 is 5.97 Å². The van der Waals surface area contributed by atoms with Gasteiger partial charge in [-0.25, -0.2) is 4.79 Å². The number of rotatable bonds is 3. The van der Waals surface area contributed by atoms with Gasteiger partial charge in [-0.2, -0.15) is 0 Å². The van der Waals surface area contributed by atoms with Crippen LogP contribution in [-0.2, 0) is 4.79 Å². The number of hydrogen-bond donors (Lipinski definition) is 2. The summed E-state index contributed by atoms with van der Waals surface area (Å²) in [5.41, 5.74) is -0.481. The highest BCUT2D eigenvalue weighted by Gasteiger charge is 2.50. The molecule has 0 aliphatic heterocycles. The Morgan fingerprint density at radius 2 is 2.00 bits per heavy atom. The van der Waals surface area contributed by atoms with Crippen LogP contribution in [0, 0.1) is 17.3 Å². The Bertz CT molecular complexity index is 198. The summed E-state index contributed by atoms with van der Waals surface area (Å²) in [5, 5.41) is 18.0. The van der Waals surface area contributed by atoms with Crippen molar-refractivity contribution in [2.45, 2.75) is 33.3 Å². The predicted octanol–water partition coefficient (Wildman–Crippen LogP) is 1.11. The number of aliphatic carboxylic acids is 1. The molecule has 3 unspecified atom stereocenters. The second kappa shape index (κ2) is 2.73. The van der Waals surface area contributed by atoms with Gasteiger partial charge in [0, 0.05) is 5.41 Å². The monoisotopic (exact) mass is 172 g/mol. The van der Waals surface area contributed by atoms with Crippen LogP contribution in [0.3, 0.4) is 0 Å². The van der Waals surface area contributed by atoms with Crippen molar-refractivity contribution in [3.05, 3.63) is 0 Å². The molecule has 70 valence electrons. The normalized spacial score (nSPS) is 31.3. The quantitative estimate of drug-likeness (QED) is 0.670. The van der Waals surface area contributed by atoms with Crippen molar-refractivity contribution in [3.8, 4) is 0 Å². The first-order valence-electron chi connectivity index (χ1n) is 4.28. The van der Waals surface area contributed by atoms with Crippen molar-refractivity contribution < 1.29 is 15.0 Å². The number of aliphatic hydroxyl groups excluding tert-OH is 1. The Kier molecular flexibility index (Phi) is 2.17. The molecule has 0 bridgehead atoms. The molecule has 0 aromatic heterocycles. The van der Waals surface area contributed by atoms with Gasteiger partial charge in [0.25, 0.3) is 0 Å². The van der Waals surface area contributed by atoms with Gasteiger partial charge in [-0.05, 0) is 18.3 Å². The molecule has 0 aromatic carbocycles. The lowest BCUT2D eigenvalue weighted by Gasteiger charge is -2.27. The Hall–Kier alpha value is -0.570. The van der Waals surface area contributed by atoms with Gasteiger partial charge in [0.15, 0.2) is 6.10 Å². The van der Waals surface area contributed by atoms with Crippen molar-refractivity contribution in [2.24, 2.45) is 17.3 Å². The zero-order valence-corrected chi connectivity index (χ0v) is 7.74. The van der Waals surface area contributed by atoms with E-state index in [-0.39, 0.29) is 0 Å². The van der Waals surface area contributed by atoms with Gasteiger partial charge in [0.1, 0.15) is 0 Å². The third-order valence-corrected chi connectivity index (χ3v) is 3.00. The van der Waals surface area contributed by atoms with Gasteiger partial charge >= 0.3 is 5.97 Å². The first-order valence-corrected chi connectivity index (χ1v) is 4.28. The van der Waals surface area contributed by atoms with E-state index in [1.54, 1.807) is 0 Å². The molecule has 3 heteroatoms. The molecule has 2 N–H and O–H groups in total. The Labute approximate surface area is 72.4 Å². The molecule has 1 saturated carbocycles. The second-order valence-corrected chi connectivity index (χ2v) is 4.38. The third-order valence-electron chi connectivity index (χ3n) is 3.00. The van der Waals surface area contributed by atoms with Crippen molar-refractivity contribution in [1.29, 1.82) is 0 Å². The molecular formula is C9H16O3. The lowest BCUT2D eigenvalue weighted by Crippen LogP contribution is -2.38. The summed E-state index contributed by atoms with van der Waals surface area (Å²) in [6.07, 6.45) is -0.190. The highest BCUT2D eigenvalue weighted by Crippen LogP contribution is 2.52. The molecule has 0 saturated heterocycles. The molecule has 1 aliphatic rings. The largest absolute Gasteiger partial charge is 0.479 e. The maximum absolute atomic E-state index is 10.5. The Morgan fingerprint density at radius 3 is 2.25 bits per heavy atom. The van der Waals surface area contributed by atoms with E-state index in [1.165, 1.54) is 0 Å².